The fourth-order valence-electron chi connectivity index (χ4n) is 2.95. The molecular formula is C25H22N2O7S. The van der Waals surface area contributed by atoms with E-state index in [1.807, 2.05) is 6.92 Å². The van der Waals surface area contributed by atoms with Crippen LogP contribution in [0.25, 0.3) is 0 Å². The zero-order chi connectivity index (χ0) is 25.6. The van der Waals surface area contributed by atoms with Gasteiger partial charge in [0.25, 0.3) is 10.0 Å². The van der Waals surface area contributed by atoms with Crippen LogP contribution in [0.1, 0.15) is 35.3 Å². The Balaban J connectivity index is 1.97. The maximum absolute atomic E-state index is 13.3. The molecular weight excluding hydrogens is 472 g/mol. The van der Waals surface area contributed by atoms with Crippen molar-refractivity contribution in [3.8, 4) is 11.5 Å². The maximum atomic E-state index is 13.3. The molecule has 0 aromatic heterocycles. The van der Waals surface area contributed by atoms with Crippen molar-refractivity contribution in [2.75, 3.05) is 0 Å². The van der Waals surface area contributed by atoms with Crippen LogP contribution in [-0.4, -0.2) is 31.9 Å². The minimum absolute atomic E-state index is 0.0189. The maximum Gasteiger partial charge on any atom is 0.308 e. The van der Waals surface area contributed by atoms with E-state index in [2.05, 4.69) is 9.93 Å². The zero-order valence-corrected chi connectivity index (χ0v) is 20.0. The van der Waals surface area contributed by atoms with Crippen molar-refractivity contribution < 1.29 is 32.3 Å². The van der Waals surface area contributed by atoms with Gasteiger partial charge in [-0.25, -0.2) is 0 Å². The molecule has 0 atom stereocenters. The van der Waals surface area contributed by atoms with E-state index in [4.69, 9.17) is 9.47 Å². The van der Waals surface area contributed by atoms with Gasteiger partial charge in [-0.1, -0.05) is 17.7 Å². The first kappa shape index (κ1) is 25.3. The van der Waals surface area contributed by atoms with Gasteiger partial charge in [-0.3, -0.25) is 14.4 Å². The summed E-state index contributed by atoms with van der Waals surface area (Å²) in [6.07, 6.45) is 0. The molecule has 180 valence electrons. The molecule has 0 fully saturated rings. The monoisotopic (exact) mass is 494 g/mol. The lowest BCUT2D eigenvalue weighted by molar-refractivity contribution is -0.132. The summed E-state index contributed by atoms with van der Waals surface area (Å²) in [7, 11) is -4.06. The molecule has 0 unspecified atom stereocenters. The van der Waals surface area contributed by atoms with Crippen molar-refractivity contribution in [2.45, 2.75) is 25.7 Å². The van der Waals surface area contributed by atoms with Gasteiger partial charge in [0.2, 0.25) is 5.78 Å². The Bertz CT molecular complexity index is 1380. The highest BCUT2D eigenvalue weighted by molar-refractivity contribution is 7.89. The van der Waals surface area contributed by atoms with Crippen molar-refractivity contribution in [3.63, 3.8) is 0 Å². The minimum Gasteiger partial charge on any atom is -0.427 e. The van der Waals surface area contributed by atoms with E-state index in [1.165, 1.54) is 74.5 Å². The molecule has 0 radical (unpaired) electrons. The Morgan fingerprint density at radius 1 is 0.714 bits per heavy atom. The molecule has 0 amide bonds. The van der Waals surface area contributed by atoms with Crippen LogP contribution in [0.2, 0.25) is 0 Å². The summed E-state index contributed by atoms with van der Waals surface area (Å²) in [6, 6.07) is 17.7. The Morgan fingerprint density at radius 3 is 1.63 bits per heavy atom. The predicted octanol–water partition coefficient (Wildman–Crippen LogP) is 3.41. The number of benzene rings is 3. The Hall–Kier alpha value is -4.31. The normalized spacial score (nSPS) is 11.5. The molecule has 0 aliphatic carbocycles. The van der Waals surface area contributed by atoms with Gasteiger partial charge in [0.15, 0.2) is 0 Å². The number of carbonyl (C=O) groups is 3. The topological polar surface area (TPSA) is 128 Å². The number of hydrogen-bond acceptors (Lipinski definition) is 8. The van der Waals surface area contributed by atoms with Gasteiger partial charge in [-0.2, -0.15) is 18.4 Å². The second-order valence-corrected chi connectivity index (χ2v) is 9.09. The summed E-state index contributed by atoms with van der Waals surface area (Å²) in [5, 5.41) is 3.94. The molecule has 0 heterocycles. The largest absolute Gasteiger partial charge is 0.427 e. The third kappa shape index (κ3) is 6.84. The lowest BCUT2D eigenvalue weighted by Gasteiger charge is -2.10. The lowest BCUT2D eigenvalue weighted by atomic mass is 10.0. The molecule has 1 N–H and O–H groups in total. The van der Waals surface area contributed by atoms with E-state index in [1.54, 1.807) is 12.1 Å². The molecule has 0 saturated heterocycles. The van der Waals surface area contributed by atoms with Crippen molar-refractivity contribution >= 4 is 33.5 Å². The summed E-state index contributed by atoms with van der Waals surface area (Å²) in [6.45, 7) is 4.33. The van der Waals surface area contributed by atoms with Crippen molar-refractivity contribution in [1.82, 2.24) is 4.83 Å². The molecule has 0 saturated carbocycles. The highest BCUT2D eigenvalue weighted by Gasteiger charge is 2.20. The predicted molar refractivity (Wildman–Crippen MR) is 128 cm³/mol. The summed E-state index contributed by atoms with van der Waals surface area (Å²) in [4.78, 5) is 37.7. The van der Waals surface area contributed by atoms with Gasteiger partial charge in [0.05, 0.1) is 4.90 Å². The van der Waals surface area contributed by atoms with E-state index >= 15 is 0 Å². The summed E-state index contributed by atoms with van der Waals surface area (Å²) in [5.74, 6) is -1.12. The quantitative estimate of drug-likeness (QED) is 0.167. The van der Waals surface area contributed by atoms with Crippen LogP contribution in [0.15, 0.2) is 82.8 Å². The fraction of sp³-hybridized carbons (Fsp3) is 0.120. The fourth-order valence-corrected chi connectivity index (χ4v) is 3.76. The van der Waals surface area contributed by atoms with E-state index < -0.39 is 27.7 Å². The molecule has 0 aliphatic heterocycles. The number of nitrogens with zero attached hydrogens (tertiary/aromatic N) is 1. The van der Waals surface area contributed by atoms with Crippen LogP contribution < -0.4 is 14.3 Å². The molecule has 9 nitrogen and oxygen atoms in total. The first-order chi connectivity index (χ1) is 16.5. The zero-order valence-electron chi connectivity index (χ0n) is 19.1. The van der Waals surface area contributed by atoms with Crippen molar-refractivity contribution in [3.05, 3.63) is 89.5 Å². The molecule has 0 bridgehead atoms. The highest BCUT2D eigenvalue weighted by atomic mass is 32.2. The number of hydrogen-bond donors (Lipinski definition) is 1. The van der Waals surface area contributed by atoms with E-state index in [0.717, 1.165) is 5.56 Å². The number of rotatable bonds is 8. The molecule has 0 aliphatic rings. The average Bonchev–Trinajstić information content (AvgIpc) is 2.80. The summed E-state index contributed by atoms with van der Waals surface area (Å²) in [5.41, 5.74) is 1.14. The number of sulfonamides is 1. The lowest BCUT2D eigenvalue weighted by Crippen LogP contribution is -2.24. The van der Waals surface area contributed by atoms with E-state index in [9.17, 15) is 22.8 Å². The smallest absolute Gasteiger partial charge is 0.308 e. The van der Waals surface area contributed by atoms with Crippen LogP contribution >= 0.6 is 0 Å². The van der Waals surface area contributed by atoms with Gasteiger partial charge in [-0.15, -0.1) is 0 Å². The van der Waals surface area contributed by atoms with Gasteiger partial charge >= 0.3 is 11.9 Å². The summed E-state index contributed by atoms with van der Waals surface area (Å²) >= 11 is 0. The number of ketones is 1. The number of Topliss-reactive ketones (excluding diaryl/α,β-unsaturated/α-hetero) is 1. The molecule has 0 spiro atoms. The standard InChI is InChI=1S/C25H22N2O7S/c1-16-4-14-23(15-5-16)35(31,32)27-26-24(19-6-10-21(11-7-19)33-17(2)28)25(30)20-8-12-22(13-9-20)34-18(3)29/h4-15,27H,1-3H3. The van der Waals surface area contributed by atoms with Gasteiger partial charge in [0, 0.05) is 25.0 Å². The van der Waals surface area contributed by atoms with Gasteiger partial charge in [-0.05, 0) is 67.6 Å². The third-order valence-electron chi connectivity index (χ3n) is 4.59. The van der Waals surface area contributed by atoms with Crippen molar-refractivity contribution in [2.24, 2.45) is 5.10 Å². The Labute approximate surface area is 202 Å². The number of esters is 2. The summed E-state index contributed by atoms with van der Waals surface area (Å²) < 4.78 is 35.4. The molecule has 10 heteroatoms. The number of hydrazone groups is 1. The Kier molecular flexibility index (Phi) is 7.77. The van der Waals surface area contributed by atoms with E-state index in [0.29, 0.717) is 0 Å². The second kappa shape index (κ2) is 10.7. The van der Waals surface area contributed by atoms with Crippen LogP contribution in [0.5, 0.6) is 11.5 Å². The van der Waals surface area contributed by atoms with Crippen LogP contribution in [0.3, 0.4) is 0 Å². The van der Waals surface area contributed by atoms with Gasteiger partial charge < -0.3 is 9.47 Å². The second-order valence-electron chi connectivity index (χ2n) is 7.43. The number of aryl methyl sites for hydroxylation is 1. The van der Waals surface area contributed by atoms with Crippen LogP contribution in [0.4, 0.5) is 0 Å². The third-order valence-corrected chi connectivity index (χ3v) is 5.82. The number of ether oxygens (including phenoxy) is 2. The SMILES string of the molecule is CC(=O)Oc1ccc(C(=O)C(=NNS(=O)(=O)c2ccc(C)cc2)c2ccc(OC(C)=O)cc2)cc1. The molecule has 3 rings (SSSR count). The number of nitrogens with one attached hydrogen (secondary N) is 1. The molecule has 3 aromatic carbocycles. The first-order valence-corrected chi connectivity index (χ1v) is 11.8. The van der Waals surface area contributed by atoms with Crippen LogP contribution in [-0.2, 0) is 19.6 Å². The van der Waals surface area contributed by atoms with Crippen molar-refractivity contribution in [1.29, 1.82) is 0 Å². The average molecular weight is 495 g/mol. The molecule has 3 aromatic rings. The first-order valence-electron chi connectivity index (χ1n) is 10.3. The van der Waals surface area contributed by atoms with Crippen LogP contribution in [0, 0.1) is 6.92 Å². The molecule has 35 heavy (non-hydrogen) atoms. The van der Waals surface area contributed by atoms with E-state index in [-0.39, 0.29) is 33.2 Å². The Morgan fingerprint density at radius 2 is 1.17 bits per heavy atom. The highest BCUT2D eigenvalue weighted by Crippen LogP contribution is 2.18. The number of carbonyl (C=O) groups excluding carboxylic acids is 3. The van der Waals surface area contributed by atoms with Gasteiger partial charge in [0.1, 0.15) is 17.2 Å². The minimum atomic E-state index is -4.06.